The van der Waals surface area contributed by atoms with E-state index < -0.39 is 66.3 Å². The molecule has 228 valence electrons. The molecular formula is C22H36BIN6O9P2. The normalized spacial score (nSPS) is 25.5. The summed E-state index contributed by atoms with van der Waals surface area (Å²) in [5.41, 5.74) is -2.29. The molecule has 3 rings (SSSR count). The summed E-state index contributed by atoms with van der Waals surface area (Å²) in [5, 5.41) is 7.76. The van der Waals surface area contributed by atoms with Crippen LogP contribution in [0, 0.1) is 11.8 Å². The van der Waals surface area contributed by atoms with Crippen molar-refractivity contribution in [3.8, 4) is 0 Å². The molecule has 1 saturated carbocycles. The maximum atomic E-state index is 12.8. The van der Waals surface area contributed by atoms with E-state index in [4.69, 9.17) is 9.31 Å². The molecule has 15 nitrogen and oxygen atoms in total. The van der Waals surface area contributed by atoms with E-state index in [1.807, 2.05) is 4.90 Å². The Hall–Kier alpha value is -1.46. The van der Waals surface area contributed by atoms with Gasteiger partial charge in [0.05, 0.1) is 22.3 Å². The standard InChI is InChI=1S/C22H36BIN6O9P2/c1-15(2)16-11-22(16,28-19(32)13-26-20(33)17-12-25-14-24-29-17)23-38-9-7-30(8-10-39-23)6-4-5-18(31)27-21(40(3)34)41(35,36)37/h12,14-16,21H,4-11,13H2,1-3H3,(H4-,26,27,28,31,32,33,35,36,37). The monoisotopic (exact) mass is 728 g/mol. The minimum absolute atomic E-state index is 0.0115. The molecule has 0 radical (unpaired) electrons. The summed E-state index contributed by atoms with van der Waals surface area (Å²) >= 11 is -0.635. The van der Waals surface area contributed by atoms with E-state index in [0.717, 1.165) is 6.66 Å². The maximum absolute atomic E-state index is 12.8. The third kappa shape index (κ3) is 10.1. The lowest BCUT2D eigenvalue weighted by molar-refractivity contribution is -0.195. The van der Waals surface area contributed by atoms with Crippen LogP contribution in [-0.2, 0) is 32.8 Å². The molecule has 0 bridgehead atoms. The van der Waals surface area contributed by atoms with Crippen LogP contribution in [0.5, 0.6) is 0 Å². The van der Waals surface area contributed by atoms with Crippen molar-refractivity contribution in [3.05, 3.63) is 0 Å². The Morgan fingerprint density at radius 1 is 1.32 bits per heavy atom. The van der Waals surface area contributed by atoms with Crippen molar-refractivity contribution in [1.82, 2.24) is 20.9 Å². The number of halogens is 1. The molecule has 5 unspecified atom stereocenters. The number of aliphatic imine (C=N–C) groups is 1. The Bertz CT molecular complexity index is 1140. The number of hydrogen-bond acceptors (Lipinski definition) is 11. The Labute approximate surface area is 250 Å². The summed E-state index contributed by atoms with van der Waals surface area (Å²) in [4.78, 5) is 63.7. The average molecular weight is 728 g/mol. The van der Waals surface area contributed by atoms with Gasteiger partial charge in [-0.3, -0.25) is 24.3 Å². The number of nitrogens with one attached hydrogen (secondary N) is 3. The van der Waals surface area contributed by atoms with Crippen LogP contribution in [0.4, 0.5) is 0 Å². The number of rotatable bonds is 13. The largest absolute Gasteiger partial charge is 0.774 e. The van der Waals surface area contributed by atoms with Crippen LogP contribution in [0.3, 0.4) is 0 Å². The molecule has 19 heteroatoms. The highest BCUT2D eigenvalue weighted by atomic mass is 127. The fourth-order valence-corrected chi connectivity index (χ4v) is 8.15. The highest BCUT2D eigenvalue weighted by Gasteiger charge is 2.66. The summed E-state index contributed by atoms with van der Waals surface area (Å²) in [7, 11) is -7.98. The number of amides is 3. The van der Waals surface area contributed by atoms with Gasteiger partial charge in [-0.15, -0.1) is 0 Å². The minimum Gasteiger partial charge on any atom is -0.774 e. The lowest BCUT2D eigenvalue weighted by Gasteiger charge is -2.31. The Morgan fingerprint density at radius 2 is 2.00 bits per heavy atom. The quantitative estimate of drug-likeness (QED) is 0.107. The van der Waals surface area contributed by atoms with Crippen LogP contribution < -0.4 is 20.8 Å². The number of nitrogens with zero attached hydrogens (tertiary/aromatic N) is 3. The van der Waals surface area contributed by atoms with Crippen molar-refractivity contribution >= 4 is 77.3 Å². The molecule has 2 fully saturated rings. The maximum Gasteiger partial charge on any atom is 0.484 e. The van der Waals surface area contributed by atoms with Crippen molar-refractivity contribution in [3.63, 3.8) is 0 Å². The van der Waals surface area contributed by atoms with E-state index in [-0.39, 0.29) is 36.4 Å². The second-order valence-electron chi connectivity index (χ2n) is 10.3. The third-order valence-corrected chi connectivity index (χ3v) is 11.7. The van der Waals surface area contributed by atoms with Gasteiger partial charge < -0.3 is 39.6 Å². The van der Waals surface area contributed by atoms with Gasteiger partial charge in [0, 0.05) is 53.7 Å². The summed E-state index contributed by atoms with van der Waals surface area (Å²) in [5.74, 6) is -1.01. The zero-order chi connectivity index (χ0) is 30.2. The molecule has 5 atom stereocenters. The summed E-state index contributed by atoms with van der Waals surface area (Å²) in [6.45, 7) is 7.29. The molecule has 4 N–H and O–H groups in total. The SMILES string of the molecule is CC(C)C1CC1(NC(=O)CNC(=O)C1=NI=CN=C1)B1OCCN(CCCC(=O)NC([P+](C)=O)P(=O)([O-])O)CCO1. The van der Waals surface area contributed by atoms with Gasteiger partial charge in [0.2, 0.25) is 19.4 Å². The van der Waals surface area contributed by atoms with Crippen LogP contribution in [0.1, 0.15) is 33.1 Å². The number of hydrogen-bond donors (Lipinski definition) is 4. The smallest absolute Gasteiger partial charge is 0.484 e. The zero-order valence-corrected chi connectivity index (χ0v) is 27.1. The highest BCUT2D eigenvalue weighted by Crippen LogP contribution is 2.50. The molecule has 2 heterocycles. The third-order valence-electron chi connectivity index (χ3n) is 6.91. The number of carbonyl (C=O) groups is 3. The first-order valence-electron chi connectivity index (χ1n) is 13.2. The van der Waals surface area contributed by atoms with Crippen molar-refractivity contribution in [2.24, 2.45) is 20.0 Å². The predicted octanol–water partition coefficient (Wildman–Crippen LogP) is -0.637. The van der Waals surface area contributed by atoms with Crippen LogP contribution >= 0.6 is 36.4 Å². The highest BCUT2D eigenvalue weighted by molar-refractivity contribution is 14.2. The van der Waals surface area contributed by atoms with Crippen LogP contribution in [0.25, 0.3) is 0 Å². The fourth-order valence-electron chi connectivity index (χ4n) is 4.80. The van der Waals surface area contributed by atoms with Gasteiger partial charge in [-0.2, -0.15) is 0 Å². The Morgan fingerprint density at radius 3 is 2.54 bits per heavy atom. The topological polar surface area (TPSA) is 211 Å². The first kappa shape index (κ1) is 34.0. The predicted molar refractivity (Wildman–Crippen MR) is 161 cm³/mol. The number of carbonyl (C=O) groups excluding carboxylic acids is 3. The molecule has 0 spiro atoms. The van der Waals surface area contributed by atoms with E-state index in [0.29, 0.717) is 45.7 Å². The molecule has 0 aromatic heterocycles. The first-order chi connectivity index (χ1) is 19.3. The van der Waals surface area contributed by atoms with Crippen LogP contribution in [-0.4, -0.2) is 108 Å². The van der Waals surface area contributed by atoms with Gasteiger partial charge in [0.25, 0.3) is 11.4 Å². The van der Waals surface area contributed by atoms with Gasteiger partial charge in [-0.25, -0.2) is 3.21 Å². The van der Waals surface area contributed by atoms with Gasteiger partial charge in [-0.05, 0) is 31.2 Å². The summed E-state index contributed by atoms with van der Waals surface area (Å²) in [6, 6.07) is 0. The van der Waals surface area contributed by atoms with Crippen molar-refractivity contribution in [2.75, 3.05) is 46.1 Å². The van der Waals surface area contributed by atoms with E-state index in [1.54, 1.807) is 4.14 Å². The molecule has 0 aromatic rings. The van der Waals surface area contributed by atoms with E-state index in [1.165, 1.54) is 6.21 Å². The first-order valence-corrected chi connectivity index (χ1v) is 18.8. The Kier molecular flexibility index (Phi) is 12.7. The second-order valence-corrected chi connectivity index (χ2v) is 15.6. The van der Waals surface area contributed by atoms with Gasteiger partial charge >= 0.3 is 14.9 Å². The second kappa shape index (κ2) is 15.3. The average Bonchev–Trinajstić information content (AvgIpc) is 3.61. The van der Waals surface area contributed by atoms with Crippen molar-refractivity contribution in [1.29, 1.82) is 0 Å². The zero-order valence-electron chi connectivity index (χ0n) is 23.2. The van der Waals surface area contributed by atoms with Crippen molar-refractivity contribution in [2.45, 2.75) is 44.1 Å². The van der Waals surface area contributed by atoms with Crippen LogP contribution in [0.15, 0.2) is 8.20 Å². The molecular weight excluding hydrogens is 692 g/mol. The van der Waals surface area contributed by atoms with E-state index >= 15 is 0 Å². The lowest BCUT2D eigenvalue weighted by Crippen LogP contribution is -2.57. The van der Waals surface area contributed by atoms with Crippen molar-refractivity contribution < 1.29 is 42.6 Å². The molecule has 0 aromatic carbocycles. The molecule has 3 amide bonds. The van der Waals surface area contributed by atoms with Gasteiger partial charge in [0.1, 0.15) is 6.66 Å². The summed E-state index contributed by atoms with van der Waals surface area (Å²) in [6.07, 6.45) is 2.44. The van der Waals surface area contributed by atoms with Crippen LogP contribution in [0.2, 0.25) is 0 Å². The molecule has 2 aliphatic heterocycles. The lowest BCUT2D eigenvalue weighted by atomic mass is 9.71. The minimum atomic E-state index is -4.97. The Balaban J connectivity index is 1.46. The van der Waals surface area contributed by atoms with E-state index in [2.05, 4.69) is 38.0 Å². The molecule has 1 saturated heterocycles. The molecule has 3 aliphatic rings. The fraction of sp³-hybridized carbons (Fsp3) is 0.727. The summed E-state index contributed by atoms with van der Waals surface area (Å²) < 4.78 is 40.9. The van der Waals surface area contributed by atoms with Gasteiger partial charge in [0.15, 0.2) is 5.71 Å². The van der Waals surface area contributed by atoms with E-state index in [9.17, 15) is 33.3 Å². The van der Waals surface area contributed by atoms with Gasteiger partial charge in [-0.1, -0.05) is 18.4 Å². The molecule has 41 heavy (non-hydrogen) atoms. The molecule has 1 aliphatic carbocycles.